The number of carbonyl (C=O) groups excluding carboxylic acids is 1. The van der Waals surface area contributed by atoms with E-state index in [0.717, 1.165) is 6.92 Å². The van der Waals surface area contributed by atoms with Crippen molar-refractivity contribution in [1.29, 1.82) is 0 Å². The normalized spacial score (nSPS) is 36.3. The van der Waals surface area contributed by atoms with Gasteiger partial charge in [0.05, 0.1) is 5.92 Å². The molecule has 0 amide bonds. The van der Waals surface area contributed by atoms with E-state index in [4.69, 9.17) is 4.74 Å². The Bertz CT molecular complexity index is 405. The second kappa shape index (κ2) is 5.45. The first-order valence-corrected chi connectivity index (χ1v) is 7.57. The van der Waals surface area contributed by atoms with Crippen LogP contribution in [-0.2, 0) is 9.53 Å². The molecule has 0 aliphatic heterocycles. The lowest BCUT2D eigenvalue weighted by Gasteiger charge is -2.38. The first kappa shape index (κ1) is 16.6. The van der Waals surface area contributed by atoms with Crippen molar-refractivity contribution in [1.82, 2.24) is 0 Å². The Morgan fingerprint density at radius 1 is 1.29 bits per heavy atom. The van der Waals surface area contributed by atoms with Gasteiger partial charge in [-0.25, -0.2) is 0 Å². The molecule has 6 unspecified atom stereocenters. The van der Waals surface area contributed by atoms with Gasteiger partial charge in [0.2, 0.25) is 0 Å². The number of carbonyl (C=O) groups is 1. The van der Waals surface area contributed by atoms with Crippen molar-refractivity contribution < 1.29 is 27.8 Å². The summed E-state index contributed by atoms with van der Waals surface area (Å²) in [5, 5.41) is 9.83. The minimum Gasteiger partial charge on any atom is -0.462 e. The van der Waals surface area contributed by atoms with Crippen molar-refractivity contribution in [3.63, 3.8) is 0 Å². The van der Waals surface area contributed by atoms with Crippen molar-refractivity contribution in [3.05, 3.63) is 0 Å². The first-order valence-electron chi connectivity index (χ1n) is 7.57. The first-order chi connectivity index (χ1) is 9.57. The average Bonchev–Trinajstić information content (AvgIpc) is 2.95. The van der Waals surface area contributed by atoms with E-state index in [-0.39, 0.29) is 36.2 Å². The molecule has 0 aromatic carbocycles. The Balaban J connectivity index is 1.98. The minimum absolute atomic E-state index is 0.0539. The van der Waals surface area contributed by atoms with Crippen LogP contribution in [0.3, 0.4) is 0 Å². The monoisotopic (exact) mass is 308 g/mol. The molecule has 2 rings (SSSR count). The van der Waals surface area contributed by atoms with Crippen LogP contribution in [0.5, 0.6) is 0 Å². The fourth-order valence-electron chi connectivity index (χ4n) is 3.70. The zero-order valence-electron chi connectivity index (χ0n) is 12.6. The van der Waals surface area contributed by atoms with Crippen LogP contribution in [0.2, 0.25) is 0 Å². The Kier molecular flexibility index (Phi) is 4.30. The van der Waals surface area contributed by atoms with Gasteiger partial charge in [0, 0.05) is 0 Å². The number of aliphatic hydroxyl groups is 1. The fourth-order valence-corrected chi connectivity index (χ4v) is 3.70. The quantitative estimate of drug-likeness (QED) is 0.811. The van der Waals surface area contributed by atoms with Crippen molar-refractivity contribution in [2.45, 2.75) is 64.3 Å². The average molecular weight is 308 g/mol. The molecule has 0 heterocycles. The predicted molar refractivity (Wildman–Crippen MR) is 70.3 cm³/mol. The summed E-state index contributed by atoms with van der Waals surface area (Å²) in [5.41, 5.74) is -2.65. The number of ether oxygens (including phenoxy) is 1. The summed E-state index contributed by atoms with van der Waals surface area (Å²) in [6, 6.07) is 0. The van der Waals surface area contributed by atoms with E-state index in [0.29, 0.717) is 19.3 Å². The van der Waals surface area contributed by atoms with Crippen LogP contribution < -0.4 is 0 Å². The van der Waals surface area contributed by atoms with E-state index in [1.807, 2.05) is 6.92 Å². The molecule has 2 saturated carbocycles. The zero-order chi connectivity index (χ0) is 16.0. The van der Waals surface area contributed by atoms with E-state index in [1.54, 1.807) is 6.92 Å². The highest BCUT2D eigenvalue weighted by Crippen LogP contribution is 2.56. The lowest BCUT2D eigenvalue weighted by molar-refractivity contribution is -0.278. The number of halogens is 3. The van der Waals surface area contributed by atoms with E-state index < -0.39 is 17.7 Å². The molecule has 122 valence electrons. The summed E-state index contributed by atoms with van der Waals surface area (Å²) in [5.74, 6) is -1.52. The lowest BCUT2D eigenvalue weighted by atomic mass is 9.76. The van der Waals surface area contributed by atoms with E-state index in [1.165, 1.54) is 0 Å². The fraction of sp³-hybridized carbons (Fsp3) is 0.933. The van der Waals surface area contributed by atoms with Gasteiger partial charge in [-0.1, -0.05) is 13.8 Å². The van der Waals surface area contributed by atoms with E-state index >= 15 is 0 Å². The molecule has 2 aliphatic carbocycles. The van der Waals surface area contributed by atoms with Gasteiger partial charge in [0.15, 0.2) is 5.60 Å². The molecule has 2 fully saturated rings. The van der Waals surface area contributed by atoms with Gasteiger partial charge < -0.3 is 9.84 Å². The molecule has 0 spiro atoms. The Labute approximate surface area is 122 Å². The predicted octanol–water partition coefficient (Wildman–Crippen LogP) is 3.30. The summed E-state index contributed by atoms with van der Waals surface area (Å²) in [6.07, 6.45) is -2.90. The van der Waals surface area contributed by atoms with Crippen molar-refractivity contribution >= 4 is 5.97 Å². The molecular weight excluding hydrogens is 285 g/mol. The standard InChI is InChI=1S/C15H23F3O3/c1-4-8(2)13(19)21-12-7-9-5-10(12)6-11(9)14(3,20)15(16,17)18/h8-12,20H,4-7H2,1-3H3. The highest BCUT2D eigenvalue weighted by atomic mass is 19.4. The lowest BCUT2D eigenvalue weighted by Crippen LogP contribution is -2.51. The van der Waals surface area contributed by atoms with Crippen LogP contribution in [0.25, 0.3) is 0 Å². The molecule has 1 N–H and O–H groups in total. The van der Waals surface area contributed by atoms with Crippen LogP contribution in [-0.4, -0.2) is 29.0 Å². The molecule has 0 aromatic heterocycles. The molecule has 2 aliphatic rings. The summed E-state index contributed by atoms with van der Waals surface area (Å²) in [4.78, 5) is 11.8. The maximum absolute atomic E-state index is 12.9. The number of esters is 1. The molecule has 3 nitrogen and oxygen atoms in total. The third kappa shape index (κ3) is 2.91. The number of hydrogen-bond donors (Lipinski definition) is 1. The van der Waals surface area contributed by atoms with Gasteiger partial charge in [0.1, 0.15) is 6.10 Å². The second-order valence-corrected chi connectivity index (χ2v) is 6.76. The summed E-state index contributed by atoms with van der Waals surface area (Å²) >= 11 is 0. The number of alkyl halides is 3. The van der Waals surface area contributed by atoms with Crippen LogP contribution >= 0.6 is 0 Å². The summed E-state index contributed by atoms with van der Waals surface area (Å²) in [7, 11) is 0. The Hall–Kier alpha value is -0.780. The molecule has 0 saturated heterocycles. The van der Waals surface area contributed by atoms with Gasteiger partial charge >= 0.3 is 12.1 Å². The van der Waals surface area contributed by atoms with Crippen LogP contribution in [0.15, 0.2) is 0 Å². The Morgan fingerprint density at radius 3 is 2.33 bits per heavy atom. The van der Waals surface area contributed by atoms with Gasteiger partial charge in [-0.3, -0.25) is 4.79 Å². The van der Waals surface area contributed by atoms with E-state index in [9.17, 15) is 23.1 Å². The van der Waals surface area contributed by atoms with Crippen LogP contribution in [0.1, 0.15) is 46.5 Å². The topological polar surface area (TPSA) is 46.5 Å². The number of rotatable bonds is 4. The number of fused-ring (bicyclic) bond motifs is 2. The maximum Gasteiger partial charge on any atom is 0.417 e. The molecule has 0 radical (unpaired) electrons. The molecule has 6 heteroatoms. The summed E-state index contributed by atoms with van der Waals surface area (Å²) in [6.45, 7) is 4.54. The van der Waals surface area contributed by atoms with E-state index in [2.05, 4.69) is 0 Å². The molecule has 6 atom stereocenters. The molecular formula is C15H23F3O3. The summed E-state index contributed by atoms with van der Waals surface area (Å²) < 4.78 is 44.2. The minimum atomic E-state index is -4.62. The third-order valence-electron chi connectivity index (χ3n) is 5.37. The molecule has 21 heavy (non-hydrogen) atoms. The highest BCUT2D eigenvalue weighted by Gasteiger charge is 2.62. The van der Waals surface area contributed by atoms with Gasteiger partial charge in [0.25, 0.3) is 0 Å². The van der Waals surface area contributed by atoms with Crippen LogP contribution in [0, 0.1) is 23.7 Å². The largest absolute Gasteiger partial charge is 0.462 e. The number of hydrogen-bond acceptors (Lipinski definition) is 3. The van der Waals surface area contributed by atoms with Crippen molar-refractivity contribution in [2.24, 2.45) is 23.7 Å². The maximum atomic E-state index is 12.9. The van der Waals surface area contributed by atoms with Crippen LogP contribution in [0.4, 0.5) is 13.2 Å². The molecule has 0 aromatic rings. The van der Waals surface area contributed by atoms with Crippen molar-refractivity contribution in [3.8, 4) is 0 Å². The third-order valence-corrected chi connectivity index (χ3v) is 5.37. The van der Waals surface area contributed by atoms with Gasteiger partial charge in [-0.15, -0.1) is 0 Å². The highest BCUT2D eigenvalue weighted by molar-refractivity contribution is 5.72. The molecule has 2 bridgehead atoms. The van der Waals surface area contributed by atoms with Gasteiger partial charge in [-0.05, 0) is 50.4 Å². The zero-order valence-corrected chi connectivity index (χ0v) is 12.6. The smallest absolute Gasteiger partial charge is 0.417 e. The van der Waals surface area contributed by atoms with Crippen molar-refractivity contribution in [2.75, 3.05) is 0 Å². The SMILES string of the molecule is CCC(C)C(=O)OC1CC2CC1CC2C(C)(O)C(F)(F)F. The Morgan fingerprint density at radius 2 is 1.90 bits per heavy atom. The second-order valence-electron chi connectivity index (χ2n) is 6.76. The van der Waals surface area contributed by atoms with Gasteiger partial charge in [-0.2, -0.15) is 13.2 Å².